The Bertz CT molecular complexity index is 736. The fraction of sp³-hybridized carbons (Fsp3) is 0.211. The molecule has 0 saturated heterocycles. The van der Waals surface area contributed by atoms with Gasteiger partial charge in [-0.15, -0.1) is 0 Å². The Kier molecular flexibility index (Phi) is 6.66. The highest BCUT2D eigenvalue weighted by Crippen LogP contribution is 2.34. The number of allylic oxidation sites excluding steroid dienone is 1. The summed E-state index contributed by atoms with van der Waals surface area (Å²) in [6.45, 7) is 2.49. The third kappa shape index (κ3) is 4.50. The summed E-state index contributed by atoms with van der Waals surface area (Å²) in [6, 6.07) is 10.8. The zero-order chi connectivity index (χ0) is 17.5. The molecule has 2 aromatic rings. The number of carbonyl (C=O) groups is 1. The summed E-state index contributed by atoms with van der Waals surface area (Å²) in [4.78, 5) is 12.2. The SMILES string of the molecule is CCOc1c(I)cc(/C=C/C(=O)c2ccc(OC)cc2)cc1OC. The minimum atomic E-state index is -0.0690. The number of ketones is 1. The number of hydrogen-bond acceptors (Lipinski definition) is 4. The number of ether oxygens (including phenoxy) is 3. The standard InChI is InChI=1S/C19H19IO4/c1-4-24-19-16(20)11-13(12-18(19)23-3)5-10-17(21)14-6-8-15(22-2)9-7-14/h5-12H,4H2,1-3H3/b10-5+. The lowest BCUT2D eigenvalue weighted by Crippen LogP contribution is -1.98. The molecule has 4 nitrogen and oxygen atoms in total. The van der Waals surface area contributed by atoms with Gasteiger partial charge in [-0.3, -0.25) is 4.79 Å². The van der Waals surface area contributed by atoms with Crippen molar-refractivity contribution in [1.29, 1.82) is 0 Å². The smallest absolute Gasteiger partial charge is 0.185 e. The molecular formula is C19H19IO4. The van der Waals surface area contributed by atoms with E-state index in [0.717, 1.165) is 20.6 Å². The minimum Gasteiger partial charge on any atom is -0.497 e. The highest BCUT2D eigenvalue weighted by molar-refractivity contribution is 14.1. The molecule has 0 aliphatic rings. The van der Waals surface area contributed by atoms with Crippen molar-refractivity contribution in [3.05, 3.63) is 57.2 Å². The molecule has 0 aliphatic heterocycles. The topological polar surface area (TPSA) is 44.8 Å². The van der Waals surface area contributed by atoms with Gasteiger partial charge < -0.3 is 14.2 Å². The predicted molar refractivity (Wildman–Crippen MR) is 103 cm³/mol. The van der Waals surface area contributed by atoms with Crippen molar-refractivity contribution >= 4 is 34.5 Å². The number of rotatable bonds is 7. The summed E-state index contributed by atoms with van der Waals surface area (Å²) in [5.41, 5.74) is 1.49. The van der Waals surface area contributed by atoms with Crippen molar-refractivity contribution in [2.75, 3.05) is 20.8 Å². The molecule has 0 spiro atoms. The van der Waals surface area contributed by atoms with Crippen LogP contribution in [0.5, 0.6) is 17.2 Å². The van der Waals surface area contributed by atoms with Crippen LogP contribution in [0, 0.1) is 3.57 Å². The zero-order valence-corrected chi connectivity index (χ0v) is 16.0. The molecule has 0 aliphatic carbocycles. The van der Waals surface area contributed by atoms with Gasteiger partial charge in [0.15, 0.2) is 17.3 Å². The molecule has 0 N–H and O–H groups in total. The lowest BCUT2D eigenvalue weighted by Gasteiger charge is -2.12. The maximum absolute atomic E-state index is 12.2. The van der Waals surface area contributed by atoms with Gasteiger partial charge in [-0.25, -0.2) is 0 Å². The molecule has 0 radical (unpaired) electrons. The second-order valence-corrected chi connectivity index (χ2v) is 6.06. The van der Waals surface area contributed by atoms with E-state index >= 15 is 0 Å². The number of carbonyl (C=O) groups excluding carboxylic acids is 1. The largest absolute Gasteiger partial charge is 0.497 e. The maximum Gasteiger partial charge on any atom is 0.185 e. The highest BCUT2D eigenvalue weighted by atomic mass is 127. The van der Waals surface area contributed by atoms with Gasteiger partial charge in [0.25, 0.3) is 0 Å². The van der Waals surface area contributed by atoms with Crippen molar-refractivity contribution in [2.45, 2.75) is 6.92 Å². The van der Waals surface area contributed by atoms with Gasteiger partial charge in [0, 0.05) is 5.56 Å². The van der Waals surface area contributed by atoms with Gasteiger partial charge in [-0.05, 0) is 77.6 Å². The van der Waals surface area contributed by atoms with Crippen LogP contribution in [0.1, 0.15) is 22.8 Å². The zero-order valence-electron chi connectivity index (χ0n) is 13.8. The average Bonchev–Trinajstić information content (AvgIpc) is 2.61. The lowest BCUT2D eigenvalue weighted by atomic mass is 10.1. The molecule has 0 atom stereocenters. The van der Waals surface area contributed by atoms with E-state index in [1.807, 2.05) is 19.1 Å². The van der Waals surface area contributed by atoms with E-state index < -0.39 is 0 Å². The number of hydrogen-bond donors (Lipinski definition) is 0. The normalized spacial score (nSPS) is 10.7. The Morgan fingerprint density at radius 1 is 1.12 bits per heavy atom. The van der Waals surface area contributed by atoms with E-state index in [-0.39, 0.29) is 5.78 Å². The van der Waals surface area contributed by atoms with Crippen LogP contribution >= 0.6 is 22.6 Å². The molecule has 0 saturated carbocycles. The fourth-order valence-electron chi connectivity index (χ4n) is 2.14. The van der Waals surface area contributed by atoms with Crippen molar-refractivity contribution in [3.63, 3.8) is 0 Å². The fourth-order valence-corrected chi connectivity index (χ4v) is 2.92. The van der Waals surface area contributed by atoms with Crippen molar-refractivity contribution in [3.8, 4) is 17.2 Å². The number of benzene rings is 2. The Morgan fingerprint density at radius 3 is 2.42 bits per heavy atom. The summed E-state index contributed by atoms with van der Waals surface area (Å²) in [5.74, 6) is 2.03. The van der Waals surface area contributed by atoms with Gasteiger partial charge >= 0.3 is 0 Å². The Labute approximate surface area is 155 Å². The van der Waals surface area contributed by atoms with Crippen molar-refractivity contribution in [1.82, 2.24) is 0 Å². The first-order valence-corrected chi connectivity index (χ1v) is 8.53. The molecule has 5 heteroatoms. The first kappa shape index (κ1) is 18.3. The van der Waals surface area contributed by atoms with E-state index in [9.17, 15) is 4.79 Å². The molecular weight excluding hydrogens is 419 g/mol. The van der Waals surface area contributed by atoms with Gasteiger partial charge in [0.1, 0.15) is 5.75 Å². The van der Waals surface area contributed by atoms with Crippen LogP contribution in [0.15, 0.2) is 42.5 Å². The molecule has 24 heavy (non-hydrogen) atoms. The van der Waals surface area contributed by atoms with Crippen LogP contribution in [0.2, 0.25) is 0 Å². The summed E-state index contributed by atoms with van der Waals surface area (Å²) in [5, 5.41) is 0. The van der Waals surface area contributed by atoms with Crippen LogP contribution in [-0.2, 0) is 0 Å². The van der Waals surface area contributed by atoms with Gasteiger partial charge in [0.2, 0.25) is 0 Å². The van der Waals surface area contributed by atoms with E-state index in [2.05, 4.69) is 22.6 Å². The summed E-state index contributed by atoms with van der Waals surface area (Å²) >= 11 is 2.20. The maximum atomic E-state index is 12.2. The van der Waals surface area contributed by atoms with E-state index in [1.165, 1.54) is 0 Å². The molecule has 2 rings (SSSR count). The van der Waals surface area contributed by atoms with Crippen LogP contribution in [0.25, 0.3) is 6.08 Å². The van der Waals surface area contributed by atoms with Crippen molar-refractivity contribution in [2.24, 2.45) is 0 Å². The van der Waals surface area contributed by atoms with Gasteiger partial charge in [0.05, 0.1) is 24.4 Å². The second-order valence-electron chi connectivity index (χ2n) is 4.89. The second kappa shape index (κ2) is 8.73. The summed E-state index contributed by atoms with van der Waals surface area (Å²) < 4.78 is 17.0. The summed E-state index contributed by atoms with van der Waals surface area (Å²) in [7, 11) is 3.20. The highest BCUT2D eigenvalue weighted by Gasteiger charge is 2.10. The molecule has 2 aromatic carbocycles. The van der Waals surface area contributed by atoms with Crippen LogP contribution in [-0.4, -0.2) is 26.6 Å². The Hall–Kier alpha value is -2.02. The Morgan fingerprint density at radius 2 is 1.83 bits per heavy atom. The molecule has 126 valence electrons. The molecule has 0 aromatic heterocycles. The molecule has 0 unspecified atom stereocenters. The molecule has 0 fully saturated rings. The monoisotopic (exact) mass is 438 g/mol. The van der Waals surface area contributed by atoms with Crippen LogP contribution in [0.4, 0.5) is 0 Å². The molecule has 0 amide bonds. The predicted octanol–water partition coefficient (Wildman–Crippen LogP) is 4.60. The number of halogens is 1. The first-order valence-electron chi connectivity index (χ1n) is 7.45. The van der Waals surface area contributed by atoms with E-state index in [1.54, 1.807) is 50.6 Å². The van der Waals surface area contributed by atoms with Crippen LogP contribution in [0.3, 0.4) is 0 Å². The quantitative estimate of drug-likeness (QED) is 0.360. The third-order valence-electron chi connectivity index (χ3n) is 3.34. The first-order chi connectivity index (χ1) is 11.6. The minimum absolute atomic E-state index is 0.0690. The van der Waals surface area contributed by atoms with Crippen LogP contribution < -0.4 is 14.2 Å². The number of methoxy groups -OCH3 is 2. The van der Waals surface area contributed by atoms with Gasteiger partial charge in [-0.2, -0.15) is 0 Å². The molecule has 0 heterocycles. The third-order valence-corrected chi connectivity index (χ3v) is 4.14. The van der Waals surface area contributed by atoms with E-state index in [0.29, 0.717) is 17.9 Å². The van der Waals surface area contributed by atoms with Crippen molar-refractivity contribution < 1.29 is 19.0 Å². The van der Waals surface area contributed by atoms with Gasteiger partial charge in [-0.1, -0.05) is 6.08 Å². The van der Waals surface area contributed by atoms with E-state index in [4.69, 9.17) is 14.2 Å². The average molecular weight is 438 g/mol. The molecule has 0 bridgehead atoms. The lowest BCUT2D eigenvalue weighted by molar-refractivity contribution is 0.104. The Balaban J connectivity index is 2.21. The summed E-state index contributed by atoms with van der Waals surface area (Å²) in [6.07, 6.45) is 3.32.